The van der Waals surface area contributed by atoms with Crippen LogP contribution >= 0.6 is 0 Å². The Morgan fingerprint density at radius 3 is 2.43 bits per heavy atom. The van der Waals surface area contributed by atoms with E-state index in [1.807, 2.05) is 30.3 Å². The van der Waals surface area contributed by atoms with Crippen LogP contribution in [0.1, 0.15) is 18.4 Å². The topological polar surface area (TPSA) is 107 Å². The summed E-state index contributed by atoms with van der Waals surface area (Å²) in [5.74, 6) is 0.785. The number of ether oxygens (including phenoxy) is 4. The van der Waals surface area contributed by atoms with Gasteiger partial charge in [-0.2, -0.15) is 0 Å². The van der Waals surface area contributed by atoms with Crippen LogP contribution in [0.5, 0.6) is 23.1 Å². The molecule has 35 heavy (non-hydrogen) atoms. The standard InChI is InChI=1S/C26H26N2O7/c29-25(30)18-32-21-7-4-8-22(15-21)35-24-10-9-23(16-27-24)34-20-11-13-28(14-12-20)26(31)33-17-19-5-2-1-3-6-19/h1-10,15-16,20H,11-14,17-18H2,(H,29,30). The predicted octanol–water partition coefficient (Wildman–Crippen LogP) is 4.52. The average molecular weight is 479 g/mol. The summed E-state index contributed by atoms with van der Waals surface area (Å²) in [7, 11) is 0. The Morgan fingerprint density at radius 2 is 1.71 bits per heavy atom. The summed E-state index contributed by atoms with van der Waals surface area (Å²) in [4.78, 5) is 28.9. The molecule has 1 aromatic heterocycles. The average Bonchev–Trinajstić information content (AvgIpc) is 2.88. The maximum atomic E-state index is 12.3. The van der Waals surface area contributed by atoms with E-state index in [0.29, 0.717) is 49.1 Å². The van der Waals surface area contributed by atoms with Gasteiger partial charge in [-0.3, -0.25) is 0 Å². The van der Waals surface area contributed by atoms with Crippen LogP contribution < -0.4 is 14.2 Å². The molecule has 0 unspecified atom stereocenters. The fourth-order valence-electron chi connectivity index (χ4n) is 3.55. The second kappa shape index (κ2) is 11.7. The van der Waals surface area contributed by atoms with Crippen molar-refractivity contribution in [2.45, 2.75) is 25.6 Å². The van der Waals surface area contributed by atoms with Crippen molar-refractivity contribution in [3.8, 4) is 23.1 Å². The highest BCUT2D eigenvalue weighted by atomic mass is 16.6. The van der Waals surface area contributed by atoms with Gasteiger partial charge in [0.05, 0.1) is 6.20 Å². The molecule has 4 rings (SSSR count). The summed E-state index contributed by atoms with van der Waals surface area (Å²) in [5, 5.41) is 8.72. The summed E-state index contributed by atoms with van der Waals surface area (Å²) < 4.78 is 22.3. The molecular weight excluding hydrogens is 452 g/mol. The van der Waals surface area contributed by atoms with Gasteiger partial charge in [-0.15, -0.1) is 0 Å². The maximum absolute atomic E-state index is 12.3. The third-order valence-electron chi connectivity index (χ3n) is 5.31. The predicted molar refractivity (Wildman–Crippen MR) is 126 cm³/mol. The molecule has 9 heteroatoms. The second-order valence-electron chi connectivity index (χ2n) is 7.94. The highest BCUT2D eigenvalue weighted by molar-refractivity contribution is 5.68. The number of carbonyl (C=O) groups excluding carboxylic acids is 1. The van der Waals surface area contributed by atoms with Gasteiger partial charge < -0.3 is 29.0 Å². The minimum Gasteiger partial charge on any atom is -0.489 e. The molecule has 182 valence electrons. The number of hydrogen-bond donors (Lipinski definition) is 1. The number of rotatable bonds is 9. The van der Waals surface area contributed by atoms with Gasteiger partial charge in [0.25, 0.3) is 0 Å². The minimum absolute atomic E-state index is 0.0233. The molecule has 2 heterocycles. The van der Waals surface area contributed by atoms with Gasteiger partial charge in [0.15, 0.2) is 6.61 Å². The number of nitrogens with zero attached hydrogens (tertiary/aromatic N) is 2. The third-order valence-corrected chi connectivity index (χ3v) is 5.31. The van der Waals surface area contributed by atoms with Crippen molar-refractivity contribution in [3.05, 3.63) is 78.5 Å². The van der Waals surface area contributed by atoms with E-state index in [4.69, 9.17) is 24.1 Å². The van der Waals surface area contributed by atoms with Crippen molar-refractivity contribution in [1.82, 2.24) is 9.88 Å². The normalized spacial score (nSPS) is 13.7. The molecule has 0 saturated carbocycles. The van der Waals surface area contributed by atoms with E-state index in [2.05, 4.69) is 4.98 Å². The summed E-state index contributed by atoms with van der Waals surface area (Å²) in [6.45, 7) is 0.956. The highest BCUT2D eigenvalue weighted by Gasteiger charge is 2.25. The van der Waals surface area contributed by atoms with Crippen LogP contribution in [0.2, 0.25) is 0 Å². The Morgan fingerprint density at radius 1 is 0.943 bits per heavy atom. The first-order valence-electron chi connectivity index (χ1n) is 11.3. The fraction of sp³-hybridized carbons (Fsp3) is 0.269. The molecule has 0 radical (unpaired) electrons. The zero-order chi connectivity index (χ0) is 24.5. The first-order valence-corrected chi connectivity index (χ1v) is 11.3. The molecule has 3 aromatic rings. The molecule has 1 aliphatic heterocycles. The van der Waals surface area contributed by atoms with Crippen LogP contribution in [-0.2, 0) is 16.1 Å². The number of aliphatic carboxylic acids is 1. The Kier molecular flexibility index (Phi) is 8.00. The summed E-state index contributed by atoms with van der Waals surface area (Å²) >= 11 is 0. The minimum atomic E-state index is -1.05. The number of benzene rings is 2. The van der Waals surface area contributed by atoms with E-state index >= 15 is 0 Å². The van der Waals surface area contributed by atoms with Crippen LogP contribution in [0, 0.1) is 0 Å². The number of piperidine rings is 1. The van der Waals surface area contributed by atoms with Crippen LogP contribution in [0.25, 0.3) is 0 Å². The Hall–Kier alpha value is -4.27. The molecule has 1 aliphatic rings. The van der Waals surface area contributed by atoms with E-state index in [1.165, 1.54) is 0 Å². The smallest absolute Gasteiger partial charge is 0.410 e. The Labute approximate surface area is 202 Å². The number of likely N-dealkylation sites (tertiary alicyclic amines) is 1. The van der Waals surface area contributed by atoms with Crippen molar-refractivity contribution < 1.29 is 33.6 Å². The lowest BCUT2D eigenvalue weighted by Crippen LogP contribution is -2.42. The lowest BCUT2D eigenvalue weighted by Gasteiger charge is -2.31. The number of aromatic nitrogens is 1. The monoisotopic (exact) mass is 478 g/mol. The van der Waals surface area contributed by atoms with Crippen molar-refractivity contribution in [2.75, 3.05) is 19.7 Å². The molecule has 2 aromatic carbocycles. The van der Waals surface area contributed by atoms with Gasteiger partial charge in [0, 0.05) is 38.1 Å². The van der Waals surface area contributed by atoms with Crippen molar-refractivity contribution in [1.29, 1.82) is 0 Å². The van der Waals surface area contributed by atoms with E-state index < -0.39 is 12.6 Å². The molecule has 1 N–H and O–H groups in total. The zero-order valence-electron chi connectivity index (χ0n) is 19.0. The third kappa shape index (κ3) is 7.36. The number of hydrogen-bond acceptors (Lipinski definition) is 7. The summed E-state index contributed by atoms with van der Waals surface area (Å²) in [5.41, 5.74) is 0.957. The van der Waals surface area contributed by atoms with Gasteiger partial charge in [-0.05, 0) is 23.8 Å². The van der Waals surface area contributed by atoms with E-state index in [1.54, 1.807) is 47.5 Å². The second-order valence-corrected chi connectivity index (χ2v) is 7.94. The number of amides is 1. The van der Waals surface area contributed by atoms with Crippen LogP contribution in [0.4, 0.5) is 4.79 Å². The number of carboxylic acids is 1. The van der Waals surface area contributed by atoms with Crippen LogP contribution in [-0.4, -0.2) is 52.9 Å². The van der Waals surface area contributed by atoms with Crippen molar-refractivity contribution >= 4 is 12.1 Å². The Bertz CT molecular complexity index is 1110. The van der Waals surface area contributed by atoms with Crippen LogP contribution in [0.15, 0.2) is 72.9 Å². The molecule has 0 aliphatic carbocycles. The van der Waals surface area contributed by atoms with E-state index in [9.17, 15) is 9.59 Å². The lowest BCUT2D eigenvalue weighted by molar-refractivity contribution is -0.139. The number of pyridine rings is 1. The van der Waals surface area contributed by atoms with Gasteiger partial charge in [-0.1, -0.05) is 36.4 Å². The van der Waals surface area contributed by atoms with Crippen molar-refractivity contribution in [2.24, 2.45) is 0 Å². The summed E-state index contributed by atoms with van der Waals surface area (Å²) in [6.07, 6.45) is 2.64. The highest BCUT2D eigenvalue weighted by Crippen LogP contribution is 2.26. The quantitative estimate of drug-likeness (QED) is 0.478. The summed E-state index contributed by atoms with van der Waals surface area (Å²) in [6, 6.07) is 19.7. The molecule has 1 saturated heterocycles. The first kappa shape index (κ1) is 23.9. The zero-order valence-corrected chi connectivity index (χ0v) is 19.0. The molecule has 0 spiro atoms. The fourth-order valence-corrected chi connectivity index (χ4v) is 3.55. The van der Waals surface area contributed by atoms with Gasteiger partial charge in [-0.25, -0.2) is 14.6 Å². The van der Waals surface area contributed by atoms with Gasteiger partial charge in [0.2, 0.25) is 5.88 Å². The molecule has 0 atom stereocenters. The number of carbonyl (C=O) groups is 2. The van der Waals surface area contributed by atoms with E-state index in [0.717, 1.165) is 5.56 Å². The molecule has 0 bridgehead atoms. The molecule has 9 nitrogen and oxygen atoms in total. The van der Waals surface area contributed by atoms with Gasteiger partial charge >= 0.3 is 12.1 Å². The van der Waals surface area contributed by atoms with Crippen LogP contribution in [0.3, 0.4) is 0 Å². The molecular formula is C26H26N2O7. The van der Waals surface area contributed by atoms with Gasteiger partial charge in [0.1, 0.15) is 30.0 Å². The maximum Gasteiger partial charge on any atom is 0.410 e. The van der Waals surface area contributed by atoms with Crippen molar-refractivity contribution in [3.63, 3.8) is 0 Å². The molecule has 1 fully saturated rings. The number of carboxylic acid groups (broad SMARTS) is 1. The Balaban J connectivity index is 1.21. The molecule has 1 amide bonds. The first-order chi connectivity index (χ1) is 17.0. The SMILES string of the molecule is O=C(O)COc1cccc(Oc2ccc(OC3CCN(C(=O)OCc4ccccc4)CC3)cn2)c1. The lowest BCUT2D eigenvalue weighted by atomic mass is 10.1. The van der Waals surface area contributed by atoms with E-state index in [-0.39, 0.29) is 18.8 Å². The largest absolute Gasteiger partial charge is 0.489 e.